The smallest absolute Gasteiger partial charge is 0.202 e. The number of aromatic nitrogens is 2. The van der Waals surface area contributed by atoms with Crippen molar-refractivity contribution in [3.05, 3.63) is 22.4 Å². The van der Waals surface area contributed by atoms with E-state index >= 15 is 0 Å². The lowest BCUT2D eigenvalue weighted by Crippen LogP contribution is -2.05. The molecule has 1 aromatic heterocycles. The predicted molar refractivity (Wildman–Crippen MR) is 54.1 cm³/mol. The fourth-order valence-corrected chi connectivity index (χ4v) is 1.24. The Labute approximate surface area is 89.2 Å². The minimum absolute atomic E-state index is 0.0405. The fraction of sp³-hybridized carbons (Fsp3) is 0.125. The van der Waals surface area contributed by atoms with Gasteiger partial charge in [0.25, 0.3) is 0 Å². The van der Waals surface area contributed by atoms with Gasteiger partial charge in [0.1, 0.15) is 12.1 Å². The van der Waals surface area contributed by atoms with E-state index in [1.54, 1.807) is 6.07 Å². The molecule has 0 bridgehead atoms. The van der Waals surface area contributed by atoms with Gasteiger partial charge in [-0.3, -0.25) is 4.57 Å². The third-order valence-corrected chi connectivity index (χ3v) is 1.79. The molecular weight excluding hydrogens is 246 g/mol. The average molecular weight is 252 g/mol. The lowest BCUT2D eigenvalue weighted by Gasteiger charge is -2.02. The molecule has 0 aromatic carbocycles. The summed E-state index contributed by atoms with van der Waals surface area (Å²) in [4.78, 5) is 3.75. The maximum Gasteiger partial charge on any atom is 0.202 e. The van der Waals surface area contributed by atoms with Gasteiger partial charge in [0, 0.05) is 4.48 Å². The van der Waals surface area contributed by atoms with Gasteiger partial charge in [0.2, 0.25) is 5.95 Å². The quantitative estimate of drug-likeness (QED) is 0.853. The summed E-state index contributed by atoms with van der Waals surface area (Å²) in [5.41, 5.74) is 5.73. The van der Waals surface area contributed by atoms with Crippen LogP contribution in [0, 0.1) is 22.7 Å². The Balaban J connectivity index is 3.30. The van der Waals surface area contributed by atoms with Crippen molar-refractivity contribution in [3.8, 4) is 12.1 Å². The van der Waals surface area contributed by atoms with Gasteiger partial charge in [0.15, 0.2) is 11.4 Å². The first-order valence-electron chi connectivity index (χ1n) is 3.59. The Morgan fingerprint density at radius 3 is 2.64 bits per heavy atom. The lowest BCUT2D eigenvalue weighted by atomic mass is 10.3. The van der Waals surface area contributed by atoms with Crippen LogP contribution in [0.15, 0.2) is 11.1 Å². The summed E-state index contributed by atoms with van der Waals surface area (Å²) in [6.07, 6.45) is 0. The van der Waals surface area contributed by atoms with Crippen LogP contribution in [-0.4, -0.2) is 9.55 Å². The molecule has 0 aliphatic heterocycles. The van der Waals surface area contributed by atoms with Crippen molar-refractivity contribution >= 4 is 21.9 Å². The van der Waals surface area contributed by atoms with Gasteiger partial charge in [-0.25, -0.2) is 4.98 Å². The van der Waals surface area contributed by atoms with Crippen LogP contribution in [0.5, 0.6) is 0 Å². The van der Waals surface area contributed by atoms with E-state index in [9.17, 15) is 0 Å². The molecule has 5 nitrogen and oxygen atoms in total. The molecule has 1 aromatic rings. The third-order valence-electron chi connectivity index (χ3n) is 1.54. The van der Waals surface area contributed by atoms with Gasteiger partial charge < -0.3 is 5.73 Å². The molecule has 1 heterocycles. The van der Waals surface area contributed by atoms with E-state index in [1.165, 1.54) is 4.57 Å². The first-order chi connectivity index (χ1) is 6.60. The average Bonchev–Trinajstić information content (AvgIpc) is 2.42. The number of imidazole rings is 1. The number of nitrogens with two attached hydrogens (primary N) is 1. The van der Waals surface area contributed by atoms with E-state index < -0.39 is 0 Å². The summed E-state index contributed by atoms with van der Waals surface area (Å²) in [5, 5.41) is 17.4. The minimum atomic E-state index is 0.0405. The number of nitrogen functional groups attached to an aromatic ring is 1. The van der Waals surface area contributed by atoms with Gasteiger partial charge >= 0.3 is 0 Å². The molecule has 0 aliphatic carbocycles. The first kappa shape index (κ1) is 10.3. The van der Waals surface area contributed by atoms with Gasteiger partial charge in [-0.05, 0) is 0 Å². The highest BCUT2D eigenvalue weighted by atomic mass is 79.9. The zero-order valence-electron chi connectivity index (χ0n) is 7.16. The third kappa shape index (κ3) is 1.76. The van der Waals surface area contributed by atoms with Crippen LogP contribution >= 0.6 is 15.9 Å². The Kier molecular flexibility index (Phi) is 2.90. The number of anilines is 1. The van der Waals surface area contributed by atoms with E-state index in [1.807, 2.05) is 6.07 Å². The van der Waals surface area contributed by atoms with E-state index in [0.717, 1.165) is 0 Å². The normalized spacial score (nSPS) is 9.07. The highest BCUT2D eigenvalue weighted by Crippen LogP contribution is 2.15. The van der Waals surface area contributed by atoms with Crippen LogP contribution in [0.2, 0.25) is 0 Å². The van der Waals surface area contributed by atoms with Gasteiger partial charge in [0.05, 0.1) is 6.54 Å². The number of nitrogens with zero attached hydrogens (tertiary/aromatic N) is 4. The molecule has 6 heteroatoms. The highest BCUT2D eigenvalue weighted by molar-refractivity contribution is 9.11. The molecule has 0 aliphatic rings. The van der Waals surface area contributed by atoms with Crippen LogP contribution in [0.3, 0.4) is 0 Å². The molecule has 0 fully saturated rings. The first-order valence-corrected chi connectivity index (χ1v) is 4.39. The lowest BCUT2D eigenvalue weighted by molar-refractivity contribution is 0.816. The van der Waals surface area contributed by atoms with Gasteiger partial charge in [-0.2, -0.15) is 10.5 Å². The van der Waals surface area contributed by atoms with Crippen molar-refractivity contribution in [2.45, 2.75) is 6.54 Å². The van der Waals surface area contributed by atoms with Crippen molar-refractivity contribution in [1.82, 2.24) is 9.55 Å². The number of allylic oxidation sites excluding steroid dienone is 1. The molecule has 0 unspecified atom stereocenters. The Bertz CT molecular complexity index is 459. The van der Waals surface area contributed by atoms with Crippen LogP contribution in [0.1, 0.15) is 11.4 Å². The summed E-state index contributed by atoms with van der Waals surface area (Å²) in [7, 11) is 0. The van der Waals surface area contributed by atoms with Crippen molar-refractivity contribution in [2.75, 3.05) is 5.73 Å². The van der Waals surface area contributed by atoms with Crippen molar-refractivity contribution in [1.29, 1.82) is 10.5 Å². The van der Waals surface area contributed by atoms with E-state index in [-0.39, 0.29) is 17.3 Å². The van der Waals surface area contributed by atoms with E-state index in [2.05, 4.69) is 27.5 Å². The number of hydrogen-bond acceptors (Lipinski definition) is 4. The number of halogens is 1. The van der Waals surface area contributed by atoms with Crippen LogP contribution in [0.4, 0.5) is 5.95 Å². The summed E-state index contributed by atoms with van der Waals surface area (Å²) in [5.74, 6) is 0.138. The van der Waals surface area contributed by atoms with Crippen LogP contribution in [0.25, 0.3) is 0 Å². The van der Waals surface area contributed by atoms with Gasteiger partial charge in [-0.1, -0.05) is 22.5 Å². The molecule has 0 radical (unpaired) electrons. The zero-order chi connectivity index (χ0) is 10.7. The Morgan fingerprint density at radius 1 is 1.57 bits per heavy atom. The molecule has 0 spiro atoms. The van der Waals surface area contributed by atoms with E-state index in [4.69, 9.17) is 16.3 Å². The molecule has 0 saturated carbocycles. The summed E-state index contributed by atoms with van der Waals surface area (Å²) in [6, 6.07) is 3.68. The van der Waals surface area contributed by atoms with Gasteiger partial charge in [-0.15, -0.1) is 0 Å². The Morgan fingerprint density at radius 2 is 2.21 bits per heavy atom. The SMILES string of the molecule is C=C(Br)Cn1c(N)nc(C#N)c1C#N. The molecular formula is C8H6BrN5. The maximum absolute atomic E-state index is 8.79. The summed E-state index contributed by atoms with van der Waals surface area (Å²) >= 11 is 3.15. The highest BCUT2D eigenvalue weighted by Gasteiger charge is 2.14. The van der Waals surface area contributed by atoms with Crippen LogP contribution in [-0.2, 0) is 6.54 Å². The molecule has 0 atom stereocenters. The predicted octanol–water partition coefficient (Wildman–Crippen LogP) is 1.12. The minimum Gasteiger partial charge on any atom is -0.369 e. The zero-order valence-corrected chi connectivity index (χ0v) is 8.74. The summed E-state index contributed by atoms with van der Waals surface area (Å²) in [6.45, 7) is 3.95. The molecule has 70 valence electrons. The van der Waals surface area contributed by atoms with E-state index in [0.29, 0.717) is 11.0 Å². The standard InChI is InChI=1S/C8H6BrN5/c1-5(9)4-14-7(3-11)6(2-10)13-8(14)12/h1,4H2,(H2,12,13). The monoisotopic (exact) mass is 251 g/mol. The fourth-order valence-electron chi connectivity index (χ4n) is 0.993. The van der Waals surface area contributed by atoms with Crippen molar-refractivity contribution < 1.29 is 0 Å². The van der Waals surface area contributed by atoms with Crippen molar-refractivity contribution in [3.63, 3.8) is 0 Å². The summed E-state index contributed by atoms with van der Waals surface area (Å²) < 4.78 is 2.08. The second kappa shape index (κ2) is 3.95. The number of nitriles is 2. The van der Waals surface area contributed by atoms with Crippen LogP contribution < -0.4 is 5.73 Å². The number of hydrogen-bond donors (Lipinski definition) is 1. The molecule has 0 amide bonds. The molecule has 2 N–H and O–H groups in total. The topological polar surface area (TPSA) is 91.4 Å². The second-order valence-electron chi connectivity index (χ2n) is 2.49. The molecule has 1 rings (SSSR count). The van der Waals surface area contributed by atoms with Crippen molar-refractivity contribution in [2.24, 2.45) is 0 Å². The molecule has 0 saturated heterocycles. The largest absolute Gasteiger partial charge is 0.369 e. The molecule has 14 heavy (non-hydrogen) atoms. The number of rotatable bonds is 2. The second-order valence-corrected chi connectivity index (χ2v) is 3.62. The Hall–Kier alpha value is -1.79. The maximum atomic E-state index is 8.79.